The molecule has 1 saturated heterocycles. The molecular formula is C33H51BrO3S2. The highest BCUT2D eigenvalue weighted by Crippen LogP contribution is 2.57. The molecule has 2 unspecified atom stereocenters. The quantitative estimate of drug-likeness (QED) is 0.194. The maximum absolute atomic E-state index is 7.20. The Kier molecular flexibility index (Phi) is 11.9. The van der Waals surface area contributed by atoms with E-state index in [4.69, 9.17) is 14.2 Å². The first kappa shape index (κ1) is 31.5. The number of hydrogen-bond donors (Lipinski definition) is 0. The lowest BCUT2D eigenvalue weighted by atomic mass is 9.78. The van der Waals surface area contributed by atoms with E-state index >= 15 is 0 Å². The molecule has 0 bridgehead atoms. The second-order valence-electron chi connectivity index (χ2n) is 13.1. The molecule has 3 nitrogen and oxygen atoms in total. The first-order valence-electron chi connectivity index (χ1n) is 15.5. The van der Waals surface area contributed by atoms with Crippen LogP contribution < -0.4 is 4.74 Å². The number of fused-ring (bicyclic) bond motifs is 3. The summed E-state index contributed by atoms with van der Waals surface area (Å²) < 4.78 is 20.4. The summed E-state index contributed by atoms with van der Waals surface area (Å²) in [4.78, 5) is 3.77. The van der Waals surface area contributed by atoms with Crippen molar-refractivity contribution in [1.82, 2.24) is 0 Å². The van der Waals surface area contributed by atoms with E-state index in [1.54, 1.807) is 11.3 Å². The molecule has 6 heteroatoms. The molecule has 2 atom stereocenters. The molecule has 0 saturated carbocycles. The average Bonchev–Trinajstić information content (AvgIpc) is 3.50. The second-order valence-corrected chi connectivity index (χ2v) is 16.6. The van der Waals surface area contributed by atoms with Gasteiger partial charge in [0.2, 0.25) is 0 Å². The van der Waals surface area contributed by atoms with E-state index in [2.05, 4.69) is 69.6 Å². The predicted octanol–water partition coefficient (Wildman–Crippen LogP) is 11.7. The van der Waals surface area contributed by atoms with Crippen LogP contribution in [0.15, 0.2) is 15.9 Å². The molecule has 220 valence electrons. The molecule has 2 aliphatic rings. The van der Waals surface area contributed by atoms with Crippen molar-refractivity contribution in [3.05, 3.63) is 26.4 Å². The van der Waals surface area contributed by atoms with Gasteiger partial charge in [-0.25, -0.2) is 0 Å². The largest absolute Gasteiger partial charge is 0.481 e. The number of halogens is 1. The Morgan fingerprint density at radius 2 is 1.38 bits per heavy atom. The van der Waals surface area contributed by atoms with Gasteiger partial charge in [-0.1, -0.05) is 80.1 Å². The van der Waals surface area contributed by atoms with E-state index in [9.17, 15) is 0 Å². The summed E-state index contributed by atoms with van der Waals surface area (Å²) in [6.07, 6.45) is 13.2. The van der Waals surface area contributed by atoms with Crippen LogP contribution in [0.1, 0.15) is 129 Å². The fraction of sp³-hybridized carbons (Fsp3) is 0.758. The van der Waals surface area contributed by atoms with Gasteiger partial charge in [0.25, 0.3) is 0 Å². The highest BCUT2D eigenvalue weighted by molar-refractivity contribution is 9.11. The number of thiophene rings is 2. The van der Waals surface area contributed by atoms with Gasteiger partial charge in [-0.3, -0.25) is 0 Å². The molecule has 0 aromatic carbocycles. The molecule has 4 heterocycles. The van der Waals surface area contributed by atoms with Gasteiger partial charge in [-0.15, -0.1) is 22.7 Å². The highest BCUT2D eigenvalue weighted by atomic mass is 79.9. The van der Waals surface area contributed by atoms with Crippen LogP contribution in [-0.2, 0) is 15.1 Å². The van der Waals surface area contributed by atoms with Crippen molar-refractivity contribution in [2.45, 2.75) is 124 Å². The van der Waals surface area contributed by atoms with Gasteiger partial charge in [-0.2, -0.15) is 0 Å². The lowest BCUT2D eigenvalue weighted by Gasteiger charge is -2.39. The van der Waals surface area contributed by atoms with Crippen molar-refractivity contribution in [2.75, 3.05) is 13.2 Å². The monoisotopic (exact) mass is 638 g/mol. The third-order valence-corrected chi connectivity index (χ3v) is 11.5. The summed E-state index contributed by atoms with van der Waals surface area (Å²) in [5.41, 5.74) is 1.13. The van der Waals surface area contributed by atoms with Gasteiger partial charge >= 0.3 is 0 Å². The molecule has 2 aliphatic heterocycles. The zero-order chi connectivity index (χ0) is 28.0. The molecule has 0 spiro atoms. The summed E-state index contributed by atoms with van der Waals surface area (Å²) in [7, 11) is 0. The minimum absolute atomic E-state index is 0.263. The Hall–Kier alpha value is -0.400. The second kappa shape index (κ2) is 14.7. The smallest absolute Gasteiger partial charge is 0.193 e. The van der Waals surface area contributed by atoms with E-state index in [0.717, 1.165) is 54.9 Å². The fourth-order valence-corrected chi connectivity index (χ4v) is 8.94. The van der Waals surface area contributed by atoms with Crippen LogP contribution in [0, 0.1) is 23.7 Å². The zero-order valence-electron chi connectivity index (χ0n) is 25.2. The first-order chi connectivity index (χ1) is 18.7. The van der Waals surface area contributed by atoms with Crippen LogP contribution in [0.2, 0.25) is 0 Å². The topological polar surface area (TPSA) is 27.7 Å². The molecule has 4 rings (SSSR count). The molecule has 0 aliphatic carbocycles. The van der Waals surface area contributed by atoms with Crippen LogP contribution in [-0.4, -0.2) is 13.2 Å². The SMILES string of the molecule is CC(C)CCCC(C)CCC1(CCC(C)CCCC(C)C)Oc2cc(C3OCCCO3)sc2-c2sc(Br)cc21. The lowest BCUT2D eigenvalue weighted by molar-refractivity contribution is -0.181. The van der Waals surface area contributed by atoms with Crippen molar-refractivity contribution in [1.29, 1.82) is 0 Å². The minimum atomic E-state index is -0.268. The summed E-state index contributed by atoms with van der Waals surface area (Å²) in [6.45, 7) is 15.8. The van der Waals surface area contributed by atoms with Crippen LogP contribution in [0.5, 0.6) is 5.75 Å². The van der Waals surface area contributed by atoms with Gasteiger partial charge in [0.1, 0.15) is 11.4 Å². The lowest BCUT2D eigenvalue weighted by Crippen LogP contribution is -2.36. The Labute approximate surface area is 254 Å². The van der Waals surface area contributed by atoms with Gasteiger partial charge in [0.15, 0.2) is 6.29 Å². The maximum Gasteiger partial charge on any atom is 0.193 e. The maximum atomic E-state index is 7.20. The Morgan fingerprint density at radius 3 is 1.95 bits per heavy atom. The standard InChI is InChI=1S/C33H51BrO3S2/c1-22(2)10-7-12-24(5)14-16-33(17-15-25(6)13-8-11-23(3)4)26-20-29(34)39-30(26)31-27(37-33)21-28(38-31)32-35-18-9-19-36-32/h20-25,32H,7-19H2,1-6H3. The molecular weight excluding hydrogens is 588 g/mol. The van der Waals surface area contributed by atoms with Crippen LogP contribution >= 0.6 is 38.6 Å². The number of hydrogen-bond acceptors (Lipinski definition) is 5. The Morgan fingerprint density at radius 1 is 0.795 bits per heavy atom. The van der Waals surface area contributed by atoms with Gasteiger partial charge < -0.3 is 14.2 Å². The van der Waals surface area contributed by atoms with Crippen molar-refractivity contribution in [3.63, 3.8) is 0 Å². The van der Waals surface area contributed by atoms with E-state index < -0.39 is 0 Å². The van der Waals surface area contributed by atoms with Crippen LogP contribution in [0.4, 0.5) is 0 Å². The molecule has 2 aromatic heterocycles. The predicted molar refractivity (Wildman–Crippen MR) is 171 cm³/mol. The number of ether oxygens (including phenoxy) is 3. The van der Waals surface area contributed by atoms with E-state index in [1.165, 1.54) is 70.5 Å². The molecule has 2 aromatic rings. The first-order valence-corrected chi connectivity index (χ1v) is 18.0. The van der Waals surface area contributed by atoms with Gasteiger partial charge in [-0.05, 0) is 83.8 Å². The van der Waals surface area contributed by atoms with Crippen molar-refractivity contribution < 1.29 is 14.2 Å². The van der Waals surface area contributed by atoms with Crippen molar-refractivity contribution in [3.8, 4) is 15.5 Å². The molecule has 0 N–H and O–H groups in total. The summed E-state index contributed by atoms with van der Waals surface area (Å²) >= 11 is 7.51. The molecule has 0 amide bonds. The zero-order valence-corrected chi connectivity index (χ0v) is 28.4. The summed E-state index contributed by atoms with van der Waals surface area (Å²) in [5.74, 6) is 4.03. The highest BCUT2D eigenvalue weighted by Gasteiger charge is 2.43. The van der Waals surface area contributed by atoms with E-state index in [1.807, 2.05) is 11.3 Å². The van der Waals surface area contributed by atoms with Gasteiger partial charge in [0, 0.05) is 5.56 Å². The summed E-state index contributed by atoms with van der Waals surface area (Å²) in [6, 6.07) is 4.59. The summed E-state index contributed by atoms with van der Waals surface area (Å²) in [5, 5.41) is 0. The third-order valence-electron chi connectivity index (χ3n) is 8.52. The Balaban J connectivity index is 1.56. The minimum Gasteiger partial charge on any atom is -0.481 e. The van der Waals surface area contributed by atoms with Gasteiger partial charge in [0.05, 0.1) is 31.6 Å². The van der Waals surface area contributed by atoms with Crippen molar-refractivity contribution >= 4 is 38.6 Å². The van der Waals surface area contributed by atoms with Crippen molar-refractivity contribution in [2.24, 2.45) is 23.7 Å². The van der Waals surface area contributed by atoms with E-state index in [-0.39, 0.29) is 11.9 Å². The van der Waals surface area contributed by atoms with Crippen LogP contribution in [0.3, 0.4) is 0 Å². The Bertz CT molecular complexity index is 996. The number of rotatable bonds is 15. The molecule has 0 radical (unpaired) electrons. The third kappa shape index (κ3) is 8.56. The van der Waals surface area contributed by atoms with E-state index in [0.29, 0.717) is 11.8 Å². The average molecular weight is 640 g/mol. The molecule has 1 fully saturated rings. The van der Waals surface area contributed by atoms with Crippen LogP contribution in [0.25, 0.3) is 9.75 Å². The fourth-order valence-electron chi connectivity index (χ4n) is 6.02. The normalized spacial score (nSPS) is 21.2. The molecule has 39 heavy (non-hydrogen) atoms.